The molecule has 26 heavy (non-hydrogen) atoms. The summed E-state index contributed by atoms with van der Waals surface area (Å²) in [4.78, 5) is 33.4. The normalized spacial score (nSPS) is 12.3. The van der Waals surface area contributed by atoms with Crippen LogP contribution in [0.2, 0.25) is 0 Å². The van der Waals surface area contributed by atoms with Crippen molar-refractivity contribution >= 4 is 22.9 Å². The van der Waals surface area contributed by atoms with Gasteiger partial charge in [-0.2, -0.15) is 13.2 Å². The van der Waals surface area contributed by atoms with Crippen molar-refractivity contribution in [3.8, 4) is 11.5 Å². The fourth-order valence-electron chi connectivity index (χ4n) is 2.08. The van der Waals surface area contributed by atoms with Crippen LogP contribution >= 0.6 is 0 Å². The Labute approximate surface area is 141 Å². The molecule has 0 saturated heterocycles. The van der Waals surface area contributed by atoms with E-state index in [9.17, 15) is 37.8 Å². The fourth-order valence-corrected chi connectivity index (χ4v) is 2.08. The van der Waals surface area contributed by atoms with E-state index in [1.165, 1.54) is 0 Å². The van der Waals surface area contributed by atoms with Gasteiger partial charge in [0, 0.05) is 24.6 Å². The fraction of sp³-hybridized carbons (Fsp3) is 0.214. The van der Waals surface area contributed by atoms with Crippen LogP contribution < -0.4 is 11.8 Å². The maximum Gasteiger partial charge on any atom is 0.490 e. The number of alkyl halides is 3. The first kappa shape index (κ1) is 20.8. The summed E-state index contributed by atoms with van der Waals surface area (Å²) >= 11 is 0. The van der Waals surface area contributed by atoms with E-state index >= 15 is 0 Å². The maximum atomic E-state index is 12.2. The van der Waals surface area contributed by atoms with E-state index in [0.717, 1.165) is 18.2 Å². The van der Waals surface area contributed by atoms with Gasteiger partial charge in [0.1, 0.15) is 17.1 Å². The Kier molecular flexibility index (Phi) is 5.84. The van der Waals surface area contributed by atoms with Gasteiger partial charge in [0.2, 0.25) is 6.10 Å². The third kappa shape index (κ3) is 4.42. The minimum Gasteiger partial charge on any atom is -0.508 e. The van der Waals surface area contributed by atoms with Crippen molar-refractivity contribution in [3.05, 3.63) is 34.2 Å². The number of phenolic OH excluding ortho intramolecular Hbond substituents is 2. The van der Waals surface area contributed by atoms with Gasteiger partial charge in [0.15, 0.2) is 0 Å². The highest BCUT2D eigenvalue weighted by molar-refractivity contribution is 5.89. The first-order valence-electron chi connectivity index (χ1n) is 6.48. The van der Waals surface area contributed by atoms with E-state index in [-0.39, 0.29) is 22.7 Å². The average Bonchev–Trinajstić information content (AvgIpc) is 2.43. The Morgan fingerprint density at radius 3 is 2.35 bits per heavy atom. The van der Waals surface area contributed by atoms with E-state index in [1.807, 2.05) is 0 Å². The molecule has 0 spiro atoms. The third-order valence-corrected chi connectivity index (χ3v) is 3.05. The van der Waals surface area contributed by atoms with Crippen molar-refractivity contribution in [2.75, 3.05) is 0 Å². The number of fused-ring (bicyclic) bond motifs is 1. The smallest absolute Gasteiger partial charge is 0.490 e. The first-order chi connectivity index (χ1) is 11.5. The lowest BCUT2D eigenvalue weighted by Crippen LogP contribution is -2.35. The third-order valence-electron chi connectivity index (χ3n) is 3.05. The summed E-state index contributed by atoms with van der Waals surface area (Å²) in [5.41, 5.74) is -1.59. The Hall–Kier alpha value is -3.28. The zero-order valence-corrected chi connectivity index (χ0v) is 12.7. The van der Waals surface area contributed by atoms with Crippen molar-refractivity contribution in [1.82, 2.24) is 6.15 Å². The van der Waals surface area contributed by atoms with E-state index < -0.39 is 47.8 Å². The second kappa shape index (κ2) is 7.31. The first-order valence-corrected chi connectivity index (χ1v) is 6.48. The van der Waals surface area contributed by atoms with Crippen LogP contribution in [0, 0.1) is 0 Å². The monoisotopic (exact) mass is 379 g/mol. The molecule has 142 valence electrons. The van der Waals surface area contributed by atoms with Crippen molar-refractivity contribution < 1.29 is 47.2 Å². The molecule has 1 atom stereocenters. The van der Waals surface area contributed by atoms with Crippen LogP contribution in [0.5, 0.6) is 11.5 Å². The highest BCUT2D eigenvalue weighted by Crippen LogP contribution is 2.32. The van der Waals surface area contributed by atoms with Crippen molar-refractivity contribution in [1.29, 1.82) is 0 Å². The van der Waals surface area contributed by atoms with Crippen LogP contribution in [0.1, 0.15) is 5.56 Å². The predicted molar refractivity (Wildman–Crippen MR) is 78.1 cm³/mol. The van der Waals surface area contributed by atoms with Crippen molar-refractivity contribution in [3.63, 3.8) is 0 Å². The second-order valence-corrected chi connectivity index (χ2v) is 4.86. The topological polar surface area (TPSA) is 169 Å². The molecular weight excluding hydrogens is 367 g/mol. The van der Waals surface area contributed by atoms with Crippen LogP contribution in [0.3, 0.4) is 0 Å². The number of carbonyl (C=O) groups is 2. The molecule has 1 heterocycles. The highest BCUT2D eigenvalue weighted by atomic mass is 19.4. The molecule has 0 bridgehead atoms. The molecule has 0 aliphatic carbocycles. The summed E-state index contributed by atoms with van der Waals surface area (Å²) < 4.78 is 45.3. The number of carbonyl (C=O) groups excluding carboxylic acids is 1. The van der Waals surface area contributed by atoms with Gasteiger partial charge in [-0.15, -0.1) is 0 Å². The molecule has 2 rings (SSSR count). The Morgan fingerprint density at radius 1 is 1.19 bits per heavy atom. The number of phenols is 2. The van der Waals surface area contributed by atoms with Crippen LogP contribution in [-0.2, 0) is 20.7 Å². The second-order valence-electron chi connectivity index (χ2n) is 4.86. The average molecular weight is 379 g/mol. The zero-order valence-electron chi connectivity index (χ0n) is 12.7. The molecule has 1 aromatic carbocycles. The number of rotatable bonds is 4. The molecule has 0 aliphatic heterocycles. The molecule has 0 unspecified atom stereocenters. The number of carboxylic acid groups (broad SMARTS) is 1. The van der Waals surface area contributed by atoms with Crippen LogP contribution in [0.25, 0.3) is 11.0 Å². The number of carboxylic acids is 1. The van der Waals surface area contributed by atoms with Crippen LogP contribution in [0.4, 0.5) is 13.2 Å². The molecular formula is C14H12F3NO8. The minimum atomic E-state index is -5.40. The summed E-state index contributed by atoms with van der Waals surface area (Å²) in [6.45, 7) is 0. The molecule has 6 N–H and O–H groups in total. The summed E-state index contributed by atoms with van der Waals surface area (Å²) in [6.07, 6.45) is -8.52. The molecule has 0 aliphatic rings. The summed E-state index contributed by atoms with van der Waals surface area (Å²) in [5, 5.41) is 27.9. The number of benzene rings is 1. The number of aliphatic carboxylic acids is 1. The predicted octanol–water partition coefficient (Wildman–Crippen LogP) is 1.47. The molecule has 0 amide bonds. The maximum absolute atomic E-state index is 12.2. The zero-order chi connectivity index (χ0) is 18.9. The highest BCUT2D eigenvalue weighted by Gasteiger charge is 2.43. The van der Waals surface area contributed by atoms with Gasteiger partial charge in [-0.25, -0.2) is 14.4 Å². The quantitative estimate of drug-likeness (QED) is 0.454. The molecule has 2 aromatic rings. The number of halogens is 3. The standard InChI is InChI=1S/C14H9F3O8.H3N/c15-14(16,17)13(23)25-9(12(21)22)1-5-2-10(20)24-8-4-6(18)3-7(19)11(5)8;/h2-4,9,18-19H,1H2,(H,21,22);1H3/t9-;/m0./s1. The lowest BCUT2D eigenvalue weighted by molar-refractivity contribution is -0.207. The Bertz CT molecular complexity index is 905. The molecule has 0 radical (unpaired) electrons. The summed E-state index contributed by atoms with van der Waals surface area (Å²) in [5.74, 6) is -5.69. The van der Waals surface area contributed by atoms with E-state index in [2.05, 4.69) is 4.74 Å². The van der Waals surface area contributed by atoms with Gasteiger partial charge in [-0.05, 0) is 5.56 Å². The minimum absolute atomic E-state index is 0. The van der Waals surface area contributed by atoms with Gasteiger partial charge < -0.3 is 30.6 Å². The molecule has 0 fully saturated rings. The SMILES string of the molecule is N.O=C(O)[C@H](Cc1cc(=O)oc2cc(O)cc(O)c12)OC(=O)C(F)(F)F. The summed E-state index contributed by atoms with van der Waals surface area (Å²) in [7, 11) is 0. The lowest BCUT2D eigenvalue weighted by Gasteiger charge is -2.16. The molecule has 0 saturated carbocycles. The summed E-state index contributed by atoms with van der Waals surface area (Å²) in [6, 6.07) is 2.53. The van der Waals surface area contributed by atoms with Gasteiger partial charge >= 0.3 is 23.7 Å². The van der Waals surface area contributed by atoms with Gasteiger partial charge in [-0.3, -0.25) is 0 Å². The number of hydrogen-bond acceptors (Lipinski definition) is 8. The largest absolute Gasteiger partial charge is 0.508 e. The lowest BCUT2D eigenvalue weighted by atomic mass is 10.0. The van der Waals surface area contributed by atoms with Crippen molar-refractivity contribution in [2.45, 2.75) is 18.7 Å². The van der Waals surface area contributed by atoms with Crippen molar-refractivity contribution in [2.24, 2.45) is 0 Å². The number of ether oxygens (including phenoxy) is 1. The van der Waals surface area contributed by atoms with Gasteiger partial charge in [0.05, 0.1) is 5.39 Å². The number of esters is 1. The van der Waals surface area contributed by atoms with Gasteiger partial charge in [0.25, 0.3) is 0 Å². The van der Waals surface area contributed by atoms with E-state index in [0.29, 0.717) is 0 Å². The van der Waals surface area contributed by atoms with Gasteiger partial charge in [-0.1, -0.05) is 0 Å². The number of hydrogen-bond donors (Lipinski definition) is 4. The van der Waals surface area contributed by atoms with E-state index in [1.54, 1.807) is 0 Å². The molecule has 9 nitrogen and oxygen atoms in total. The molecule has 1 aromatic heterocycles. The van der Waals surface area contributed by atoms with E-state index in [4.69, 9.17) is 9.52 Å². The Morgan fingerprint density at radius 2 is 1.81 bits per heavy atom. The van der Waals surface area contributed by atoms with Crippen LogP contribution in [0.15, 0.2) is 27.4 Å². The van der Waals surface area contributed by atoms with Crippen LogP contribution in [-0.4, -0.2) is 39.5 Å². The number of aromatic hydroxyl groups is 2. The Balaban J connectivity index is 0.00000338. The molecule has 12 heteroatoms.